The summed E-state index contributed by atoms with van der Waals surface area (Å²) in [7, 11) is 0. The number of rotatable bonds is 7. The molecule has 0 amide bonds. The number of aliphatic hydroxyl groups is 1. The molecule has 0 radical (unpaired) electrons. The lowest BCUT2D eigenvalue weighted by atomic mass is 10.2. The van der Waals surface area contributed by atoms with E-state index in [0.29, 0.717) is 12.0 Å². The summed E-state index contributed by atoms with van der Waals surface area (Å²) in [6.07, 6.45) is 3.66. The first kappa shape index (κ1) is 18.3. The highest BCUT2D eigenvalue weighted by Gasteiger charge is 2.25. The molecule has 2 aliphatic heterocycles. The van der Waals surface area contributed by atoms with Crippen molar-refractivity contribution in [3.8, 4) is 5.88 Å². The minimum atomic E-state index is -0.0245. The molecule has 0 bridgehead atoms. The minimum absolute atomic E-state index is 0.0245. The molecule has 3 rings (SSSR count). The molecule has 2 saturated heterocycles. The average Bonchev–Trinajstić information content (AvgIpc) is 2.67. The van der Waals surface area contributed by atoms with Crippen LogP contribution in [0.25, 0.3) is 0 Å². The molecular formula is C17H29N5O3. The summed E-state index contributed by atoms with van der Waals surface area (Å²) in [6.45, 7) is 11.3. The first-order valence-electron chi connectivity index (χ1n) is 9.15. The number of hydrogen-bond donors (Lipinski definition) is 1. The monoisotopic (exact) mass is 351 g/mol. The lowest BCUT2D eigenvalue weighted by Crippen LogP contribution is -2.52. The van der Waals surface area contributed by atoms with Crippen LogP contribution in [-0.2, 0) is 4.74 Å². The Morgan fingerprint density at radius 1 is 1.20 bits per heavy atom. The molecule has 3 heterocycles. The maximum absolute atomic E-state index is 8.84. The minimum Gasteiger partial charge on any atom is -0.474 e. The molecule has 2 aliphatic rings. The Labute approximate surface area is 149 Å². The summed E-state index contributed by atoms with van der Waals surface area (Å²) in [6, 6.07) is 0. The van der Waals surface area contributed by atoms with E-state index in [9.17, 15) is 0 Å². The number of nitrogens with zero attached hydrogens (tertiary/aromatic N) is 5. The van der Waals surface area contributed by atoms with Crippen LogP contribution >= 0.6 is 0 Å². The molecule has 1 unspecified atom stereocenters. The van der Waals surface area contributed by atoms with Crippen molar-refractivity contribution >= 4 is 5.82 Å². The van der Waals surface area contributed by atoms with Crippen LogP contribution in [0.3, 0.4) is 0 Å². The van der Waals surface area contributed by atoms with E-state index in [-0.39, 0.29) is 13.2 Å². The highest BCUT2D eigenvalue weighted by molar-refractivity contribution is 5.38. The van der Waals surface area contributed by atoms with Crippen LogP contribution in [0.4, 0.5) is 5.82 Å². The Morgan fingerprint density at radius 2 is 2.04 bits per heavy atom. The van der Waals surface area contributed by atoms with Crippen LogP contribution in [0.15, 0.2) is 12.4 Å². The molecule has 1 N–H and O–H groups in total. The SMILES string of the molecule is CCN1CCOC(CN2CCN(c3cncc(OCCO)n3)CC2)C1. The second-order valence-corrected chi connectivity index (χ2v) is 6.46. The Balaban J connectivity index is 1.47. The van der Waals surface area contributed by atoms with Gasteiger partial charge in [-0.05, 0) is 6.54 Å². The van der Waals surface area contributed by atoms with Crippen molar-refractivity contribution in [2.24, 2.45) is 0 Å². The summed E-state index contributed by atoms with van der Waals surface area (Å²) in [4.78, 5) is 15.8. The number of hydrogen-bond acceptors (Lipinski definition) is 8. The maximum atomic E-state index is 8.84. The van der Waals surface area contributed by atoms with E-state index in [4.69, 9.17) is 14.6 Å². The Bertz CT molecular complexity index is 525. The van der Waals surface area contributed by atoms with Crippen molar-refractivity contribution in [3.63, 3.8) is 0 Å². The first-order valence-corrected chi connectivity index (χ1v) is 9.15. The summed E-state index contributed by atoms with van der Waals surface area (Å²) in [5, 5.41) is 8.84. The van der Waals surface area contributed by atoms with Crippen molar-refractivity contribution in [2.45, 2.75) is 13.0 Å². The van der Waals surface area contributed by atoms with E-state index in [1.54, 1.807) is 12.4 Å². The van der Waals surface area contributed by atoms with Gasteiger partial charge in [0.15, 0.2) is 5.82 Å². The molecule has 1 aromatic rings. The smallest absolute Gasteiger partial charge is 0.234 e. The summed E-state index contributed by atoms with van der Waals surface area (Å²) in [5.74, 6) is 1.30. The van der Waals surface area contributed by atoms with E-state index in [2.05, 4.69) is 31.6 Å². The topological polar surface area (TPSA) is 74.2 Å². The zero-order valence-corrected chi connectivity index (χ0v) is 15.0. The summed E-state index contributed by atoms with van der Waals surface area (Å²) < 4.78 is 11.3. The number of anilines is 1. The van der Waals surface area contributed by atoms with Gasteiger partial charge in [0.25, 0.3) is 0 Å². The van der Waals surface area contributed by atoms with Gasteiger partial charge in [0.05, 0.1) is 31.7 Å². The van der Waals surface area contributed by atoms with Crippen molar-refractivity contribution in [1.82, 2.24) is 19.8 Å². The predicted octanol–water partition coefficient (Wildman–Crippen LogP) is -0.310. The summed E-state index contributed by atoms with van der Waals surface area (Å²) in [5.41, 5.74) is 0. The average molecular weight is 351 g/mol. The van der Waals surface area contributed by atoms with Crippen molar-refractivity contribution in [1.29, 1.82) is 0 Å². The normalized spacial score (nSPS) is 23.0. The highest BCUT2D eigenvalue weighted by atomic mass is 16.5. The van der Waals surface area contributed by atoms with Crippen LogP contribution in [0, 0.1) is 0 Å². The van der Waals surface area contributed by atoms with Crippen molar-refractivity contribution < 1.29 is 14.6 Å². The predicted molar refractivity (Wildman–Crippen MR) is 95.1 cm³/mol. The van der Waals surface area contributed by atoms with Crippen LogP contribution in [0.2, 0.25) is 0 Å². The van der Waals surface area contributed by atoms with Gasteiger partial charge in [-0.1, -0.05) is 6.92 Å². The van der Waals surface area contributed by atoms with Gasteiger partial charge in [-0.15, -0.1) is 0 Å². The molecule has 25 heavy (non-hydrogen) atoms. The number of morpholine rings is 1. The van der Waals surface area contributed by atoms with Crippen molar-refractivity contribution in [3.05, 3.63) is 12.4 Å². The fraction of sp³-hybridized carbons (Fsp3) is 0.765. The van der Waals surface area contributed by atoms with E-state index in [1.807, 2.05) is 0 Å². The molecule has 0 saturated carbocycles. The lowest BCUT2D eigenvalue weighted by molar-refractivity contribution is -0.0422. The lowest BCUT2D eigenvalue weighted by Gasteiger charge is -2.39. The van der Waals surface area contributed by atoms with Crippen LogP contribution < -0.4 is 9.64 Å². The molecule has 0 aromatic carbocycles. The molecular weight excluding hydrogens is 322 g/mol. The Kier molecular flexibility index (Phi) is 6.80. The number of aliphatic hydroxyl groups excluding tert-OH is 1. The Morgan fingerprint density at radius 3 is 2.80 bits per heavy atom. The molecule has 0 spiro atoms. The van der Waals surface area contributed by atoms with Crippen LogP contribution in [0.5, 0.6) is 5.88 Å². The quantitative estimate of drug-likeness (QED) is 0.717. The van der Waals surface area contributed by atoms with Gasteiger partial charge in [-0.2, -0.15) is 4.98 Å². The standard InChI is InChI=1S/C17H29N5O3/c1-2-20-7-9-24-15(13-20)14-21-3-5-22(6-4-21)16-11-18-12-17(19-16)25-10-8-23/h11-12,15,23H,2-10,13-14H2,1H3. The number of ether oxygens (including phenoxy) is 2. The van der Waals surface area contributed by atoms with Gasteiger partial charge >= 0.3 is 0 Å². The van der Waals surface area contributed by atoms with E-state index >= 15 is 0 Å². The number of piperazine rings is 1. The van der Waals surface area contributed by atoms with E-state index in [0.717, 1.165) is 64.8 Å². The number of aromatic nitrogens is 2. The largest absolute Gasteiger partial charge is 0.474 e. The first-order chi connectivity index (χ1) is 12.3. The zero-order valence-electron chi connectivity index (χ0n) is 15.0. The van der Waals surface area contributed by atoms with Gasteiger partial charge in [0, 0.05) is 45.8 Å². The fourth-order valence-corrected chi connectivity index (χ4v) is 3.34. The molecule has 8 heteroatoms. The third-order valence-corrected chi connectivity index (χ3v) is 4.77. The van der Waals surface area contributed by atoms with Crippen LogP contribution in [-0.4, -0.2) is 103 Å². The fourth-order valence-electron chi connectivity index (χ4n) is 3.34. The van der Waals surface area contributed by atoms with E-state index in [1.165, 1.54) is 0 Å². The number of likely N-dealkylation sites (N-methyl/N-ethyl adjacent to an activating group) is 1. The summed E-state index contributed by atoms with van der Waals surface area (Å²) >= 11 is 0. The van der Waals surface area contributed by atoms with Gasteiger partial charge in [0.2, 0.25) is 5.88 Å². The van der Waals surface area contributed by atoms with Gasteiger partial charge in [0.1, 0.15) is 6.61 Å². The maximum Gasteiger partial charge on any atom is 0.234 e. The second kappa shape index (κ2) is 9.28. The van der Waals surface area contributed by atoms with Gasteiger partial charge < -0.3 is 19.5 Å². The van der Waals surface area contributed by atoms with Crippen LogP contribution in [0.1, 0.15) is 6.92 Å². The third kappa shape index (κ3) is 5.24. The molecule has 1 atom stereocenters. The highest BCUT2D eigenvalue weighted by Crippen LogP contribution is 2.17. The molecule has 8 nitrogen and oxygen atoms in total. The molecule has 2 fully saturated rings. The molecule has 1 aromatic heterocycles. The van der Waals surface area contributed by atoms with E-state index < -0.39 is 0 Å². The molecule has 140 valence electrons. The molecule has 0 aliphatic carbocycles. The second-order valence-electron chi connectivity index (χ2n) is 6.46. The van der Waals surface area contributed by atoms with Crippen molar-refractivity contribution in [2.75, 3.05) is 77.1 Å². The van der Waals surface area contributed by atoms with Gasteiger partial charge in [-0.3, -0.25) is 14.8 Å². The van der Waals surface area contributed by atoms with Gasteiger partial charge in [-0.25, -0.2) is 0 Å². The third-order valence-electron chi connectivity index (χ3n) is 4.77. The Hall–Kier alpha value is -1.48. The zero-order chi connectivity index (χ0) is 17.5.